The number of hydrogen-bond acceptors (Lipinski definition) is 1. The first-order valence-electron chi connectivity index (χ1n) is 8.75. The van der Waals surface area contributed by atoms with Crippen LogP contribution in [-0.2, 0) is 6.42 Å². The monoisotopic (exact) mass is 332 g/mol. The van der Waals surface area contributed by atoms with Gasteiger partial charge in [-0.05, 0) is 72.2 Å². The fraction of sp³-hybridized carbons (Fsp3) is 0.217. The molecule has 1 nitrogen and oxygen atoms in total. The van der Waals surface area contributed by atoms with Crippen molar-refractivity contribution < 1.29 is 9.50 Å². The molecular weight excluding hydrogens is 311 g/mol. The summed E-state index contributed by atoms with van der Waals surface area (Å²) >= 11 is 0. The molecule has 2 atom stereocenters. The van der Waals surface area contributed by atoms with Crippen LogP contribution in [0.15, 0.2) is 66.7 Å². The van der Waals surface area contributed by atoms with Crippen molar-refractivity contribution in [1.29, 1.82) is 0 Å². The van der Waals surface area contributed by atoms with Crippen molar-refractivity contribution in [3.8, 4) is 5.75 Å². The molecule has 3 aromatic rings. The van der Waals surface area contributed by atoms with E-state index in [0.717, 1.165) is 12.8 Å². The number of phenolic OH excluding ortho intramolecular Hbond substituents is 1. The molecule has 126 valence electrons. The molecule has 0 saturated carbocycles. The van der Waals surface area contributed by atoms with Crippen LogP contribution in [0.4, 0.5) is 4.39 Å². The highest BCUT2D eigenvalue weighted by molar-refractivity contribution is 5.47. The zero-order chi connectivity index (χ0) is 17.4. The van der Waals surface area contributed by atoms with E-state index in [2.05, 4.69) is 31.2 Å². The number of hydrogen-bond donors (Lipinski definition) is 1. The summed E-state index contributed by atoms with van der Waals surface area (Å²) in [6, 6.07) is 21.3. The average molecular weight is 332 g/mol. The highest BCUT2D eigenvalue weighted by Gasteiger charge is 2.32. The van der Waals surface area contributed by atoms with Gasteiger partial charge in [0.05, 0.1) is 0 Å². The summed E-state index contributed by atoms with van der Waals surface area (Å²) in [4.78, 5) is 0. The normalized spacial score (nSPS) is 19.4. The molecule has 0 fully saturated rings. The van der Waals surface area contributed by atoms with Crippen LogP contribution >= 0.6 is 0 Å². The van der Waals surface area contributed by atoms with Crippen molar-refractivity contribution in [2.24, 2.45) is 0 Å². The molecule has 0 aromatic heterocycles. The second-order valence-electron chi connectivity index (χ2n) is 6.97. The Hall–Kier alpha value is -2.61. The number of halogens is 1. The van der Waals surface area contributed by atoms with Gasteiger partial charge in [-0.2, -0.15) is 0 Å². The lowest BCUT2D eigenvalue weighted by atomic mass is 9.69. The third kappa shape index (κ3) is 3.05. The lowest BCUT2D eigenvalue weighted by molar-refractivity contribution is 0.469. The summed E-state index contributed by atoms with van der Waals surface area (Å²) in [6.45, 7) is 2.09. The summed E-state index contributed by atoms with van der Waals surface area (Å²) in [5.41, 5.74) is 6.16. The van der Waals surface area contributed by atoms with Gasteiger partial charge in [0, 0.05) is 5.92 Å². The lowest BCUT2D eigenvalue weighted by Crippen LogP contribution is -2.20. The van der Waals surface area contributed by atoms with Gasteiger partial charge in [0.2, 0.25) is 0 Å². The van der Waals surface area contributed by atoms with E-state index in [1.165, 1.54) is 27.8 Å². The Bertz CT molecular complexity index is 881. The maximum Gasteiger partial charge on any atom is 0.123 e. The molecule has 1 aliphatic rings. The van der Waals surface area contributed by atoms with Crippen LogP contribution in [0.5, 0.6) is 5.75 Å². The zero-order valence-electron chi connectivity index (χ0n) is 14.2. The van der Waals surface area contributed by atoms with Gasteiger partial charge >= 0.3 is 0 Å². The van der Waals surface area contributed by atoms with E-state index in [-0.39, 0.29) is 11.7 Å². The van der Waals surface area contributed by atoms with Crippen molar-refractivity contribution in [3.63, 3.8) is 0 Å². The van der Waals surface area contributed by atoms with E-state index in [0.29, 0.717) is 11.7 Å². The molecule has 3 aromatic carbocycles. The molecule has 0 amide bonds. The zero-order valence-corrected chi connectivity index (χ0v) is 14.2. The maximum absolute atomic E-state index is 13.4. The van der Waals surface area contributed by atoms with Crippen molar-refractivity contribution in [3.05, 3.63) is 100 Å². The Morgan fingerprint density at radius 1 is 0.880 bits per heavy atom. The average Bonchev–Trinajstić information content (AvgIpc) is 2.62. The fourth-order valence-electron chi connectivity index (χ4n) is 4.06. The number of benzene rings is 3. The molecule has 4 rings (SSSR count). The van der Waals surface area contributed by atoms with Crippen molar-refractivity contribution >= 4 is 0 Å². The molecule has 0 unspecified atom stereocenters. The van der Waals surface area contributed by atoms with Crippen LogP contribution in [0.3, 0.4) is 0 Å². The Kier molecular flexibility index (Phi) is 4.04. The maximum atomic E-state index is 13.4. The molecule has 0 radical (unpaired) electrons. The minimum atomic E-state index is -0.197. The van der Waals surface area contributed by atoms with Crippen LogP contribution in [0.2, 0.25) is 0 Å². The topological polar surface area (TPSA) is 20.2 Å². The molecule has 25 heavy (non-hydrogen) atoms. The van der Waals surface area contributed by atoms with Gasteiger partial charge in [0.1, 0.15) is 11.6 Å². The minimum Gasteiger partial charge on any atom is -0.508 e. The van der Waals surface area contributed by atoms with Gasteiger partial charge in [-0.1, -0.05) is 48.0 Å². The highest BCUT2D eigenvalue weighted by Crippen LogP contribution is 2.46. The Morgan fingerprint density at radius 3 is 2.28 bits per heavy atom. The predicted molar refractivity (Wildman–Crippen MR) is 98.6 cm³/mol. The summed E-state index contributed by atoms with van der Waals surface area (Å²) in [6.07, 6.45) is 1.91. The van der Waals surface area contributed by atoms with E-state index in [4.69, 9.17) is 0 Å². The first kappa shape index (κ1) is 15.9. The number of aryl methyl sites for hydroxylation is 2. The number of aromatic hydroxyl groups is 1. The van der Waals surface area contributed by atoms with Crippen LogP contribution < -0.4 is 0 Å². The quantitative estimate of drug-likeness (QED) is 0.638. The first-order valence-corrected chi connectivity index (χ1v) is 8.75. The molecular formula is C23H21FO. The molecule has 2 heteroatoms. The molecule has 0 bridgehead atoms. The third-order valence-electron chi connectivity index (χ3n) is 5.32. The van der Waals surface area contributed by atoms with E-state index < -0.39 is 0 Å². The van der Waals surface area contributed by atoms with Gasteiger partial charge in [-0.25, -0.2) is 4.39 Å². The summed E-state index contributed by atoms with van der Waals surface area (Å²) < 4.78 is 13.4. The molecule has 1 N–H and O–H groups in total. The summed E-state index contributed by atoms with van der Waals surface area (Å²) in [7, 11) is 0. The highest BCUT2D eigenvalue weighted by atomic mass is 19.1. The van der Waals surface area contributed by atoms with E-state index in [1.807, 2.05) is 24.3 Å². The van der Waals surface area contributed by atoms with Gasteiger partial charge in [0.25, 0.3) is 0 Å². The van der Waals surface area contributed by atoms with Crippen LogP contribution in [0.25, 0.3) is 0 Å². The van der Waals surface area contributed by atoms with Gasteiger partial charge in [0.15, 0.2) is 0 Å². The minimum absolute atomic E-state index is 0.197. The molecule has 0 aliphatic heterocycles. The molecule has 0 saturated heterocycles. The largest absolute Gasteiger partial charge is 0.508 e. The standard InChI is InChI=1S/C23H21FO/c1-15-2-4-17(5-3-15)23-21(16-6-9-19(24)10-7-16)12-8-18-14-20(25)11-13-22(18)23/h2-7,9-11,13-14,21,23,25H,8,12H2,1H3/t21-,23+/m0/s1. The Morgan fingerprint density at radius 2 is 1.56 bits per heavy atom. The summed E-state index contributed by atoms with van der Waals surface area (Å²) in [5, 5.41) is 9.85. The van der Waals surface area contributed by atoms with Crippen LogP contribution in [0.1, 0.15) is 46.1 Å². The third-order valence-corrected chi connectivity index (χ3v) is 5.32. The van der Waals surface area contributed by atoms with Gasteiger partial charge in [-0.3, -0.25) is 0 Å². The smallest absolute Gasteiger partial charge is 0.123 e. The van der Waals surface area contributed by atoms with Gasteiger partial charge < -0.3 is 5.11 Å². The number of fused-ring (bicyclic) bond motifs is 1. The second-order valence-corrected chi connectivity index (χ2v) is 6.97. The SMILES string of the molecule is Cc1ccc([C@H]2c3ccc(O)cc3CC[C@H]2c2ccc(F)cc2)cc1. The van der Waals surface area contributed by atoms with Crippen molar-refractivity contribution in [2.75, 3.05) is 0 Å². The molecule has 0 heterocycles. The first-order chi connectivity index (χ1) is 12.1. The predicted octanol–water partition coefficient (Wildman–Crippen LogP) is 5.70. The van der Waals surface area contributed by atoms with E-state index in [1.54, 1.807) is 18.2 Å². The molecule has 1 aliphatic carbocycles. The van der Waals surface area contributed by atoms with Crippen LogP contribution in [-0.4, -0.2) is 5.11 Å². The Balaban J connectivity index is 1.84. The van der Waals surface area contributed by atoms with Gasteiger partial charge in [-0.15, -0.1) is 0 Å². The Labute approximate surface area is 147 Å². The number of rotatable bonds is 2. The van der Waals surface area contributed by atoms with E-state index >= 15 is 0 Å². The van der Waals surface area contributed by atoms with Crippen LogP contribution in [0, 0.1) is 12.7 Å². The lowest BCUT2D eigenvalue weighted by Gasteiger charge is -2.35. The van der Waals surface area contributed by atoms with E-state index in [9.17, 15) is 9.50 Å². The molecule has 0 spiro atoms. The van der Waals surface area contributed by atoms with Crippen molar-refractivity contribution in [1.82, 2.24) is 0 Å². The second kappa shape index (κ2) is 6.36. The number of phenols is 1. The fourth-order valence-corrected chi connectivity index (χ4v) is 4.06. The van der Waals surface area contributed by atoms with Crippen molar-refractivity contribution in [2.45, 2.75) is 31.6 Å². The summed E-state index contributed by atoms with van der Waals surface area (Å²) in [5.74, 6) is 0.647.